The molecule has 3 unspecified atom stereocenters. The summed E-state index contributed by atoms with van der Waals surface area (Å²) in [6.07, 6.45) is 9.06. The van der Waals surface area contributed by atoms with Crippen LogP contribution >= 0.6 is 0 Å². The van der Waals surface area contributed by atoms with E-state index >= 15 is 0 Å². The fourth-order valence-corrected chi connectivity index (χ4v) is 32.2. The van der Waals surface area contributed by atoms with Crippen LogP contribution in [0.1, 0.15) is 28.1 Å². The van der Waals surface area contributed by atoms with E-state index in [0.29, 0.717) is 0 Å². The van der Waals surface area contributed by atoms with E-state index in [4.69, 9.17) is 0 Å². The monoisotopic (exact) mass is 526 g/mol. The minimum Gasteiger partial charge on any atom is -1.00 e. The molecule has 3 atom stereocenters. The minimum absolute atomic E-state index is 0. The van der Waals surface area contributed by atoms with E-state index in [0.717, 1.165) is 7.25 Å². The molecule has 1 heterocycles. The second-order valence-electron chi connectivity index (χ2n) is 10.8. The van der Waals surface area contributed by atoms with Crippen molar-refractivity contribution in [1.29, 1.82) is 0 Å². The molecular weight excluding hydrogens is 495 g/mol. The van der Waals surface area contributed by atoms with Crippen LogP contribution in [0, 0.1) is 0 Å². The molecule has 0 amide bonds. The summed E-state index contributed by atoms with van der Waals surface area (Å²) in [6.45, 7) is 18.1. The Morgan fingerprint density at radius 1 is 0.929 bits per heavy atom. The van der Waals surface area contributed by atoms with Gasteiger partial charge in [0.25, 0.3) is 0 Å². The average Bonchev–Trinajstić information content (AvgIpc) is 2.95. The van der Waals surface area contributed by atoms with Crippen LogP contribution < -0.4 is 24.8 Å². The van der Waals surface area contributed by atoms with E-state index in [-0.39, 0.29) is 24.8 Å². The van der Waals surface area contributed by atoms with Gasteiger partial charge in [-0.1, -0.05) is 0 Å². The van der Waals surface area contributed by atoms with E-state index in [1.807, 2.05) is 10.4 Å². The van der Waals surface area contributed by atoms with Gasteiger partial charge in [-0.25, -0.2) is 0 Å². The first-order valence-corrected chi connectivity index (χ1v) is 23.1. The SMILES string of the molecule is C[CH]1[CH2][Zr+2]1([C]1=C([Si](C)(C)C)C([Si](C)(C)C)=CC1)[CH]1C=Cc2ccccc21.[Cl-].[Cl-]. The molecule has 3 aliphatic rings. The van der Waals surface area contributed by atoms with Gasteiger partial charge in [-0.15, -0.1) is 0 Å². The van der Waals surface area contributed by atoms with Crippen LogP contribution in [0.5, 0.6) is 0 Å². The fraction of sp³-hybridized carbons (Fsp3) is 0.478. The Labute approximate surface area is 191 Å². The molecule has 0 radical (unpaired) electrons. The van der Waals surface area contributed by atoms with Crippen LogP contribution in [-0.4, -0.2) is 16.1 Å². The fourth-order valence-electron chi connectivity index (χ4n) is 5.72. The van der Waals surface area contributed by atoms with Crippen LogP contribution in [0.4, 0.5) is 0 Å². The van der Waals surface area contributed by atoms with Gasteiger partial charge in [0.15, 0.2) is 0 Å². The molecule has 1 aromatic rings. The summed E-state index contributed by atoms with van der Waals surface area (Å²) < 4.78 is 5.44. The third-order valence-corrected chi connectivity index (χ3v) is 26.5. The van der Waals surface area contributed by atoms with Crippen LogP contribution in [-0.2, 0) is 20.3 Å². The Bertz CT molecular complexity index is 858. The molecule has 4 rings (SSSR count). The van der Waals surface area contributed by atoms with Crippen molar-refractivity contribution in [3.63, 3.8) is 0 Å². The number of benzene rings is 1. The van der Waals surface area contributed by atoms with Gasteiger partial charge in [-0.2, -0.15) is 0 Å². The summed E-state index contributed by atoms with van der Waals surface area (Å²) in [4.78, 5) is 0. The summed E-state index contributed by atoms with van der Waals surface area (Å²) in [6, 6.07) is 9.23. The molecule has 2 aliphatic carbocycles. The standard InChI is InChI=1S/C11H21Si2.C9H7.C3H6.2ClH.Zr/c1-12(2,3)10-8-7-9-11(10)13(4,5)6;1-2-5-9-7-3-6-8(9)4-1;1-3-2;;;/h8H,7H2,1-6H3;1-7H;3H,1H2,2H3;2*1H;/q;;;;;+2/p-2. The number of hydrogen-bond acceptors (Lipinski definition) is 0. The normalized spacial score (nSPS) is 26.2. The molecule has 0 aromatic heterocycles. The van der Waals surface area contributed by atoms with Crippen molar-refractivity contribution >= 4 is 22.2 Å². The van der Waals surface area contributed by atoms with Gasteiger partial charge in [-0.3, -0.25) is 0 Å². The summed E-state index contributed by atoms with van der Waals surface area (Å²) in [5.41, 5.74) is 3.16. The Morgan fingerprint density at radius 3 is 2.07 bits per heavy atom. The van der Waals surface area contributed by atoms with Crippen LogP contribution in [0.2, 0.25) is 47.0 Å². The van der Waals surface area contributed by atoms with Gasteiger partial charge in [-0.05, 0) is 0 Å². The molecule has 1 aromatic carbocycles. The predicted octanol–water partition coefficient (Wildman–Crippen LogP) is 1.50. The van der Waals surface area contributed by atoms with Crippen molar-refractivity contribution in [3.05, 3.63) is 61.2 Å². The first kappa shape index (κ1) is 24.6. The molecule has 5 heteroatoms. The van der Waals surface area contributed by atoms with Crippen molar-refractivity contribution < 1.29 is 45.1 Å². The van der Waals surface area contributed by atoms with Gasteiger partial charge in [0.1, 0.15) is 0 Å². The van der Waals surface area contributed by atoms with Gasteiger partial charge < -0.3 is 24.8 Å². The van der Waals surface area contributed by atoms with Gasteiger partial charge in [0.05, 0.1) is 0 Å². The molecular formula is C23H34Cl2Si2Zr. The minimum atomic E-state index is -2.37. The van der Waals surface area contributed by atoms with E-state index in [1.165, 1.54) is 12.0 Å². The van der Waals surface area contributed by atoms with Crippen molar-refractivity contribution in [1.82, 2.24) is 0 Å². The number of hydrogen-bond donors (Lipinski definition) is 0. The number of halogens is 2. The summed E-state index contributed by atoms with van der Waals surface area (Å²) in [5.74, 6) is 0. The quantitative estimate of drug-likeness (QED) is 0.520. The number of rotatable bonds is 4. The molecule has 1 aliphatic heterocycles. The number of fused-ring (bicyclic) bond motifs is 1. The Morgan fingerprint density at radius 2 is 1.54 bits per heavy atom. The topological polar surface area (TPSA) is 0 Å². The molecule has 1 fully saturated rings. The van der Waals surface area contributed by atoms with Crippen LogP contribution in [0.25, 0.3) is 6.08 Å². The third kappa shape index (κ3) is 3.84. The molecule has 28 heavy (non-hydrogen) atoms. The molecule has 0 N–H and O–H groups in total. The van der Waals surface area contributed by atoms with Gasteiger partial charge in [0.2, 0.25) is 0 Å². The molecule has 0 nitrogen and oxygen atoms in total. The zero-order valence-corrected chi connectivity index (χ0v) is 24.3. The Balaban J connectivity index is 0.00000140. The smallest absolute Gasteiger partial charge is 1.00 e. The summed E-state index contributed by atoms with van der Waals surface area (Å²) in [5, 5.41) is 3.80. The van der Waals surface area contributed by atoms with Crippen molar-refractivity contribution in [2.75, 3.05) is 0 Å². The zero-order chi connectivity index (χ0) is 18.9. The molecule has 0 spiro atoms. The molecule has 152 valence electrons. The first-order chi connectivity index (χ1) is 12.1. The van der Waals surface area contributed by atoms with Crippen molar-refractivity contribution in [2.45, 2.75) is 64.0 Å². The Hall–Kier alpha value is 0.337. The molecule has 1 saturated heterocycles. The first-order valence-electron chi connectivity index (χ1n) is 10.3. The Kier molecular flexibility index (Phi) is 7.13. The zero-order valence-electron chi connectivity index (χ0n) is 18.4. The van der Waals surface area contributed by atoms with E-state index in [2.05, 4.69) is 92.0 Å². The maximum absolute atomic E-state index is 2.70. The summed E-state index contributed by atoms with van der Waals surface area (Å²) in [7, 11) is -2.60. The van der Waals surface area contributed by atoms with Gasteiger partial charge >= 0.3 is 168 Å². The van der Waals surface area contributed by atoms with Crippen LogP contribution in [0.15, 0.2) is 50.1 Å². The van der Waals surface area contributed by atoms with Gasteiger partial charge in [0, 0.05) is 0 Å². The summed E-state index contributed by atoms with van der Waals surface area (Å²) >= 11 is -2.37. The number of allylic oxidation sites excluding steroid dienone is 5. The van der Waals surface area contributed by atoms with E-state index < -0.39 is 36.4 Å². The van der Waals surface area contributed by atoms with E-state index in [1.54, 1.807) is 9.69 Å². The largest absolute Gasteiger partial charge is 1.00 e. The van der Waals surface area contributed by atoms with Crippen molar-refractivity contribution in [3.8, 4) is 0 Å². The van der Waals surface area contributed by atoms with E-state index in [9.17, 15) is 0 Å². The second kappa shape index (κ2) is 8.12. The van der Waals surface area contributed by atoms with Crippen molar-refractivity contribution in [2.24, 2.45) is 0 Å². The molecule has 0 saturated carbocycles. The predicted molar refractivity (Wildman–Crippen MR) is 119 cm³/mol. The average molecular weight is 529 g/mol. The maximum Gasteiger partial charge on any atom is -1.00 e. The third-order valence-electron chi connectivity index (χ3n) is 6.92. The molecule has 0 bridgehead atoms. The van der Waals surface area contributed by atoms with Crippen LogP contribution in [0.3, 0.4) is 0 Å². The maximum atomic E-state index is 2.70. The second-order valence-corrected chi connectivity index (χ2v) is 32.4.